The maximum atomic E-state index is 4.77. The molecule has 1 atom stereocenters. The molecular weight excluding hydrogens is 294 g/mol. The monoisotopic (exact) mass is 323 g/mol. The van der Waals surface area contributed by atoms with Crippen molar-refractivity contribution < 1.29 is 0 Å². The van der Waals surface area contributed by atoms with Crippen LogP contribution in [0.15, 0.2) is 42.9 Å². The summed E-state index contributed by atoms with van der Waals surface area (Å²) in [4.78, 5) is 7.29. The summed E-state index contributed by atoms with van der Waals surface area (Å²) >= 11 is 0. The number of pyridine rings is 1. The second kappa shape index (κ2) is 6.27. The van der Waals surface area contributed by atoms with Gasteiger partial charge in [0.25, 0.3) is 0 Å². The van der Waals surface area contributed by atoms with E-state index in [2.05, 4.69) is 41.7 Å². The SMILES string of the molecule is C=C1CCC(c2ccc(N3CCC4(CCCC4)CC3)cn2)C(=C)N1. The molecule has 3 aliphatic rings. The van der Waals surface area contributed by atoms with E-state index in [0.717, 1.165) is 29.9 Å². The summed E-state index contributed by atoms with van der Waals surface area (Å²) in [5.74, 6) is 0.313. The predicted molar refractivity (Wildman–Crippen MR) is 100.0 cm³/mol. The van der Waals surface area contributed by atoms with Gasteiger partial charge in [0.05, 0.1) is 11.9 Å². The number of allylic oxidation sites excluding steroid dienone is 2. The Morgan fingerprint density at radius 2 is 1.83 bits per heavy atom. The van der Waals surface area contributed by atoms with Crippen LogP contribution >= 0.6 is 0 Å². The third kappa shape index (κ3) is 2.97. The highest BCUT2D eigenvalue weighted by Crippen LogP contribution is 2.46. The lowest BCUT2D eigenvalue weighted by Crippen LogP contribution is -2.38. The zero-order valence-corrected chi connectivity index (χ0v) is 14.7. The van der Waals surface area contributed by atoms with Crippen LogP contribution in [-0.4, -0.2) is 18.1 Å². The minimum absolute atomic E-state index is 0.313. The summed E-state index contributed by atoms with van der Waals surface area (Å²) in [5, 5.41) is 3.29. The quantitative estimate of drug-likeness (QED) is 0.852. The highest BCUT2D eigenvalue weighted by atomic mass is 15.1. The molecule has 2 aliphatic heterocycles. The molecule has 24 heavy (non-hydrogen) atoms. The van der Waals surface area contributed by atoms with E-state index in [0.29, 0.717) is 11.3 Å². The average molecular weight is 323 g/mol. The number of hydrogen-bond donors (Lipinski definition) is 1. The normalized spacial score (nSPS) is 26.7. The first-order valence-corrected chi connectivity index (χ1v) is 9.50. The summed E-state index contributed by atoms with van der Waals surface area (Å²) in [5.41, 5.74) is 5.20. The first-order chi connectivity index (χ1) is 11.7. The van der Waals surface area contributed by atoms with Gasteiger partial charge in [-0.15, -0.1) is 0 Å². The van der Waals surface area contributed by atoms with Crippen molar-refractivity contribution in [3.05, 3.63) is 48.6 Å². The molecule has 1 N–H and O–H groups in total. The molecule has 0 aromatic carbocycles. The summed E-state index contributed by atoms with van der Waals surface area (Å²) in [6, 6.07) is 4.45. The summed E-state index contributed by atoms with van der Waals surface area (Å²) in [6.45, 7) is 10.5. The highest BCUT2D eigenvalue weighted by Gasteiger charge is 2.37. The van der Waals surface area contributed by atoms with Crippen molar-refractivity contribution in [2.75, 3.05) is 18.0 Å². The molecule has 0 amide bonds. The van der Waals surface area contributed by atoms with Gasteiger partial charge in [-0.25, -0.2) is 0 Å². The molecule has 0 radical (unpaired) electrons. The summed E-state index contributed by atoms with van der Waals surface area (Å²) < 4.78 is 0. The van der Waals surface area contributed by atoms with Gasteiger partial charge in [0.1, 0.15) is 0 Å². The van der Waals surface area contributed by atoms with Crippen LogP contribution < -0.4 is 10.2 Å². The molecule has 1 spiro atoms. The van der Waals surface area contributed by atoms with E-state index in [1.165, 1.54) is 57.3 Å². The standard InChI is InChI=1S/C21H29N3/c1-16-5-7-19(17(2)23-16)20-8-6-18(15-22-20)24-13-11-21(12-14-24)9-3-4-10-21/h6,8,15,19,23H,1-5,7,9-14H2. The van der Waals surface area contributed by atoms with E-state index in [9.17, 15) is 0 Å². The van der Waals surface area contributed by atoms with E-state index in [4.69, 9.17) is 4.98 Å². The van der Waals surface area contributed by atoms with Crippen molar-refractivity contribution in [1.29, 1.82) is 0 Å². The molecule has 1 aliphatic carbocycles. The minimum Gasteiger partial charge on any atom is -0.370 e. The fraction of sp³-hybridized carbons (Fsp3) is 0.571. The summed E-state index contributed by atoms with van der Waals surface area (Å²) in [7, 11) is 0. The highest BCUT2D eigenvalue weighted by molar-refractivity contribution is 5.46. The smallest absolute Gasteiger partial charge is 0.0552 e. The number of aromatic nitrogens is 1. The van der Waals surface area contributed by atoms with Gasteiger partial charge in [-0.3, -0.25) is 4.98 Å². The van der Waals surface area contributed by atoms with Gasteiger partial charge in [-0.2, -0.15) is 0 Å². The molecule has 1 aromatic rings. The second-order valence-electron chi connectivity index (χ2n) is 7.98. The molecular formula is C21H29N3. The number of piperidine rings is 2. The number of anilines is 1. The van der Waals surface area contributed by atoms with Crippen LogP contribution in [0.1, 0.15) is 63.0 Å². The van der Waals surface area contributed by atoms with Crippen molar-refractivity contribution in [2.45, 2.75) is 57.3 Å². The zero-order chi connectivity index (χ0) is 16.6. The van der Waals surface area contributed by atoms with Crippen molar-refractivity contribution >= 4 is 5.69 Å². The minimum atomic E-state index is 0.313. The van der Waals surface area contributed by atoms with Crippen molar-refractivity contribution in [3.63, 3.8) is 0 Å². The van der Waals surface area contributed by atoms with Crippen LogP contribution in [-0.2, 0) is 0 Å². The van der Waals surface area contributed by atoms with Gasteiger partial charge in [0.2, 0.25) is 0 Å². The third-order valence-corrected chi connectivity index (χ3v) is 6.47. The Bertz CT molecular complexity index is 615. The molecule has 4 rings (SSSR count). The largest absolute Gasteiger partial charge is 0.370 e. The van der Waals surface area contributed by atoms with Crippen LogP contribution in [0.2, 0.25) is 0 Å². The topological polar surface area (TPSA) is 28.2 Å². The Kier molecular flexibility index (Phi) is 4.11. The fourth-order valence-corrected chi connectivity index (χ4v) is 4.85. The van der Waals surface area contributed by atoms with E-state index in [-0.39, 0.29) is 0 Å². The van der Waals surface area contributed by atoms with Crippen LogP contribution in [0, 0.1) is 5.41 Å². The molecule has 1 unspecified atom stereocenters. The predicted octanol–water partition coefficient (Wildman–Crippen LogP) is 4.74. The number of nitrogens with one attached hydrogen (secondary N) is 1. The van der Waals surface area contributed by atoms with Crippen molar-refractivity contribution in [1.82, 2.24) is 10.3 Å². The third-order valence-electron chi connectivity index (χ3n) is 6.47. The zero-order valence-electron chi connectivity index (χ0n) is 14.7. The average Bonchev–Trinajstić information content (AvgIpc) is 3.04. The lowest BCUT2D eigenvalue weighted by Gasteiger charge is -2.40. The van der Waals surface area contributed by atoms with E-state index in [1.807, 2.05) is 0 Å². The van der Waals surface area contributed by atoms with E-state index in [1.54, 1.807) is 0 Å². The Balaban J connectivity index is 1.41. The Hall–Kier alpha value is -1.77. The maximum absolute atomic E-state index is 4.77. The Morgan fingerprint density at radius 3 is 2.46 bits per heavy atom. The Labute approximate surface area is 145 Å². The maximum Gasteiger partial charge on any atom is 0.0552 e. The number of rotatable bonds is 2. The van der Waals surface area contributed by atoms with Gasteiger partial charge >= 0.3 is 0 Å². The van der Waals surface area contributed by atoms with Crippen molar-refractivity contribution in [3.8, 4) is 0 Å². The molecule has 3 heteroatoms. The molecule has 1 aromatic heterocycles. The van der Waals surface area contributed by atoms with Crippen LogP contribution in [0.5, 0.6) is 0 Å². The van der Waals surface area contributed by atoms with Gasteiger partial charge in [-0.1, -0.05) is 26.0 Å². The molecule has 3 heterocycles. The number of hydrogen-bond acceptors (Lipinski definition) is 3. The molecule has 1 saturated carbocycles. The van der Waals surface area contributed by atoms with Crippen molar-refractivity contribution in [2.24, 2.45) is 5.41 Å². The van der Waals surface area contributed by atoms with Crippen LogP contribution in [0.4, 0.5) is 5.69 Å². The first kappa shape index (κ1) is 15.7. The lowest BCUT2D eigenvalue weighted by atomic mass is 9.77. The van der Waals surface area contributed by atoms with Gasteiger partial charge in [0, 0.05) is 36.1 Å². The lowest BCUT2D eigenvalue weighted by molar-refractivity contribution is 0.226. The Morgan fingerprint density at radius 1 is 1.08 bits per heavy atom. The molecule has 2 saturated heterocycles. The molecule has 0 bridgehead atoms. The molecule has 3 nitrogen and oxygen atoms in total. The second-order valence-corrected chi connectivity index (χ2v) is 7.98. The van der Waals surface area contributed by atoms with Gasteiger partial charge in [0.15, 0.2) is 0 Å². The van der Waals surface area contributed by atoms with Crippen LogP contribution in [0.25, 0.3) is 0 Å². The molecule has 3 fully saturated rings. The molecule has 128 valence electrons. The van der Waals surface area contributed by atoms with E-state index >= 15 is 0 Å². The first-order valence-electron chi connectivity index (χ1n) is 9.50. The van der Waals surface area contributed by atoms with Gasteiger partial charge in [-0.05, 0) is 56.1 Å². The van der Waals surface area contributed by atoms with Gasteiger partial charge < -0.3 is 10.2 Å². The van der Waals surface area contributed by atoms with E-state index < -0.39 is 0 Å². The number of nitrogens with zero attached hydrogens (tertiary/aromatic N) is 2. The summed E-state index contributed by atoms with van der Waals surface area (Å²) in [6.07, 6.45) is 12.7. The van der Waals surface area contributed by atoms with Crippen LogP contribution in [0.3, 0.4) is 0 Å². The fourth-order valence-electron chi connectivity index (χ4n) is 4.85.